The van der Waals surface area contributed by atoms with Gasteiger partial charge in [-0.3, -0.25) is 4.68 Å². The van der Waals surface area contributed by atoms with Gasteiger partial charge in [0.2, 0.25) is 0 Å². The van der Waals surface area contributed by atoms with Gasteiger partial charge in [0.15, 0.2) is 0 Å². The zero-order valence-corrected chi connectivity index (χ0v) is 14.4. The van der Waals surface area contributed by atoms with E-state index in [4.69, 9.17) is 0 Å². The van der Waals surface area contributed by atoms with Crippen LogP contribution in [0.1, 0.15) is 12.0 Å². The summed E-state index contributed by atoms with van der Waals surface area (Å²) >= 11 is 0. The van der Waals surface area contributed by atoms with Crippen molar-refractivity contribution in [2.75, 3.05) is 25.5 Å². The Kier molecular flexibility index (Phi) is 4.71. The first-order valence-electron chi connectivity index (χ1n) is 8.25. The van der Waals surface area contributed by atoms with Gasteiger partial charge in [-0.05, 0) is 36.2 Å². The van der Waals surface area contributed by atoms with Crippen LogP contribution in [0, 0.1) is 0 Å². The van der Waals surface area contributed by atoms with Gasteiger partial charge in [-0.1, -0.05) is 19.2 Å². The van der Waals surface area contributed by atoms with Gasteiger partial charge in [0.1, 0.15) is 0 Å². The molecule has 1 aromatic heterocycles. The molecule has 0 aliphatic carbocycles. The Morgan fingerprint density at radius 2 is 2.17 bits per heavy atom. The van der Waals surface area contributed by atoms with E-state index in [1.54, 1.807) is 0 Å². The summed E-state index contributed by atoms with van der Waals surface area (Å²) in [5, 5.41) is 14.3. The number of nitrogens with zero attached hydrogens (tertiary/aromatic N) is 2. The van der Waals surface area contributed by atoms with Crippen LogP contribution >= 0.6 is 0 Å². The Hall–Kier alpha value is -2.53. The van der Waals surface area contributed by atoms with E-state index in [1.807, 2.05) is 31.2 Å². The van der Waals surface area contributed by atoms with Crippen LogP contribution in [-0.2, 0) is 7.05 Å². The van der Waals surface area contributed by atoms with Crippen molar-refractivity contribution in [1.29, 1.82) is 0 Å². The summed E-state index contributed by atoms with van der Waals surface area (Å²) in [5.74, 6) is 0. The van der Waals surface area contributed by atoms with E-state index in [1.165, 1.54) is 0 Å². The van der Waals surface area contributed by atoms with Gasteiger partial charge >= 0.3 is 0 Å². The first-order chi connectivity index (χ1) is 11.6. The largest absolute Gasteiger partial charge is 0.388 e. The average molecular weight is 323 g/mol. The fourth-order valence-electron chi connectivity index (χ4n) is 3.04. The molecule has 1 aliphatic rings. The van der Waals surface area contributed by atoms with Crippen molar-refractivity contribution in [2.45, 2.75) is 12.5 Å². The molecule has 3 rings (SSSR count). The molecule has 0 amide bonds. The molecule has 24 heavy (non-hydrogen) atoms. The summed E-state index contributed by atoms with van der Waals surface area (Å²) in [7, 11) is 3.85. The molecule has 5 nitrogen and oxygen atoms in total. The lowest BCUT2D eigenvalue weighted by Crippen LogP contribution is -2.30. The summed E-state index contributed by atoms with van der Waals surface area (Å²) in [4.78, 5) is 0. The van der Waals surface area contributed by atoms with E-state index < -0.39 is 0 Å². The topological polar surface area (TPSA) is 53.9 Å². The molecular formula is C19H25N5. The lowest BCUT2D eigenvalue weighted by Gasteiger charge is -2.19. The fraction of sp³-hybridized carbons (Fsp3) is 0.316. The van der Waals surface area contributed by atoms with Crippen LogP contribution in [0.3, 0.4) is 0 Å². The van der Waals surface area contributed by atoms with E-state index >= 15 is 0 Å². The molecule has 0 bridgehead atoms. The van der Waals surface area contributed by atoms with Gasteiger partial charge in [0.05, 0.1) is 6.20 Å². The zero-order chi connectivity index (χ0) is 17.1. The van der Waals surface area contributed by atoms with Crippen LogP contribution in [0.15, 0.2) is 49.4 Å². The predicted molar refractivity (Wildman–Crippen MR) is 101 cm³/mol. The monoisotopic (exact) mass is 323 g/mol. The third kappa shape index (κ3) is 3.36. The fourth-order valence-corrected chi connectivity index (χ4v) is 3.04. The van der Waals surface area contributed by atoms with Crippen LogP contribution in [0.5, 0.6) is 0 Å². The van der Waals surface area contributed by atoms with Gasteiger partial charge in [-0.2, -0.15) is 5.10 Å². The third-order valence-electron chi connectivity index (χ3n) is 4.46. The molecule has 1 saturated heterocycles. The molecule has 0 spiro atoms. The molecule has 3 N–H and O–H groups in total. The van der Waals surface area contributed by atoms with Gasteiger partial charge in [-0.15, -0.1) is 0 Å². The standard InChI is InChI=1S/C19H25N5/c1-13(14(2)23-17-7-8-21-11-17)18-9-15(5-6-19(18)20-3)16-10-22-24(4)12-16/h5-6,9-10,12,17,20-21,23H,1-2,7-8,11H2,3-4H3. The summed E-state index contributed by atoms with van der Waals surface area (Å²) in [5.41, 5.74) is 6.10. The summed E-state index contributed by atoms with van der Waals surface area (Å²) in [6.45, 7) is 10.5. The van der Waals surface area contributed by atoms with Crippen molar-refractivity contribution < 1.29 is 0 Å². The first kappa shape index (κ1) is 16.3. The zero-order valence-electron chi connectivity index (χ0n) is 14.4. The van der Waals surface area contributed by atoms with Crippen molar-refractivity contribution in [3.05, 3.63) is 55.0 Å². The normalized spacial score (nSPS) is 16.8. The molecule has 2 heterocycles. The molecule has 1 aliphatic heterocycles. The smallest absolute Gasteiger partial charge is 0.0568 e. The Morgan fingerprint density at radius 1 is 1.33 bits per heavy atom. The lowest BCUT2D eigenvalue weighted by atomic mass is 9.97. The SMILES string of the molecule is C=C(NC1CCNC1)C(=C)c1cc(-c2cnn(C)c2)ccc1NC. The Morgan fingerprint density at radius 3 is 2.79 bits per heavy atom. The van der Waals surface area contributed by atoms with E-state index in [-0.39, 0.29) is 0 Å². The molecule has 126 valence electrons. The van der Waals surface area contributed by atoms with Crippen LogP contribution in [0.4, 0.5) is 5.69 Å². The van der Waals surface area contributed by atoms with Crippen LogP contribution in [0.25, 0.3) is 16.7 Å². The molecule has 0 saturated carbocycles. The average Bonchev–Trinajstić information content (AvgIpc) is 3.25. The minimum Gasteiger partial charge on any atom is -0.388 e. The first-order valence-corrected chi connectivity index (χ1v) is 8.25. The molecule has 1 aromatic carbocycles. The third-order valence-corrected chi connectivity index (χ3v) is 4.46. The number of hydrogen-bond donors (Lipinski definition) is 3. The number of benzene rings is 1. The minimum atomic E-state index is 0.425. The van der Waals surface area contributed by atoms with E-state index in [9.17, 15) is 0 Å². The van der Waals surface area contributed by atoms with E-state index in [0.29, 0.717) is 6.04 Å². The number of hydrogen-bond acceptors (Lipinski definition) is 4. The van der Waals surface area contributed by atoms with Gasteiger partial charge < -0.3 is 16.0 Å². The molecule has 1 unspecified atom stereocenters. The second kappa shape index (κ2) is 6.93. The number of anilines is 1. The molecule has 1 atom stereocenters. The second-order valence-electron chi connectivity index (χ2n) is 6.20. The summed E-state index contributed by atoms with van der Waals surface area (Å²) in [6, 6.07) is 6.74. The Labute approximate surface area is 143 Å². The number of allylic oxidation sites excluding steroid dienone is 1. The highest BCUT2D eigenvalue weighted by atomic mass is 15.2. The van der Waals surface area contributed by atoms with E-state index in [0.717, 1.165) is 53.2 Å². The van der Waals surface area contributed by atoms with Crippen molar-refractivity contribution in [2.24, 2.45) is 7.05 Å². The molecule has 0 radical (unpaired) electrons. The quantitative estimate of drug-likeness (QED) is 0.715. The highest BCUT2D eigenvalue weighted by Crippen LogP contribution is 2.31. The second-order valence-corrected chi connectivity index (χ2v) is 6.20. The summed E-state index contributed by atoms with van der Waals surface area (Å²) < 4.78 is 1.81. The maximum atomic E-state index is 4.27. The van der Waals surface area contributed by atoms with Crippen molar-refractivity contribution in [1.82, 2.24) is 20.4 Å². The maximum Gasteiger partial charge on any atom is 0.0568 e. The van der Waals surface area contributed by atoms with Crippen LogP contribution in [0.2, 0.25) is 0 Å². The number of rotatable bonds is 6. The Bertz CT molecular complexity index is 753. The maximum absolute atomic E-state index is 4.27. The highest BCUT2D eigenvalue weighted by Gasteiger charge is 2.17. The van der Waals surface area contributed by atoms with Crippen LogP contribution < -0.4 is 16.0 Å². The molecule has 5 heteroatoms. The number of aromatic nitrogens is 2. The lowest BCUT2D eigenvalue weighted by molar-refractivity contribution is 0.626. The Balaban J connectivity index is 1.86. The minimum absolute atomic E-state index is 0.425. The van der Waals surface area contributed by atoms with Crippen molar-refractivity contribution in [3.63, 3.8) is 0 Å². The van der Waals surface area contributed by atoms with Crippen molar-refractivity contribution in [3.8, 4) is 11.1 Å². The van der Waals surface area contributed by atoms with Crippen molar-refractivity contribution >= 4 is 11.3 Å². The molecule has 1 fully saturated rings. The van der Waals surface area contributed by atoms with Crippen LogP contribution in [-0.4, -0.2) is 36.0 Å². The summed E-state index contributed by atoms with van der Waals surface area (Å²) in [6.07, 6.45) is 5.00. The molecular weight excluding hydrogens is 298 g/mol. The predicted octanol–water partition coefficient (Wildman–Crippen LogP) is 2.61. The van der Waals surface area contributed by atoms with Gasteiger partial charge in [0.25, 0.3) is 0 Å². The highest BCUT2D eigenvalue weighted by molar-refractivity contribution is 5.86. The van der Waals surface area contributed by atoms with Gasteiger partial charge in [0, 0.05) is 55.4 Å². The molecule has 2 aromatic rings. The number of aryl methyl sites for hydroxylation is 1. The van der Waals surface area contributed by atoms with E-state index in [2.05, 4.69) is 52.4 Å². The number of nitrogens with one attached hydrogen (secondary N) is 3. The van der Waals surface area contributed by atoms with Gasteiger partial charge in [-0.25, -0.2) is 0 Å².